The number of hydrogen-bond acceptors (Lipinski definition) is 5. The van der Waals surface area contributed by atoms with Gasteiger partial charge in [0.15, 0.2) is 0 Å². The number of fused-ring (bicyclic) bond motifs is 8. The minimum atomic E-state index is -0.0703. The number of likely N-dealkylation sites (N-methyl/N-ethyl adjacent to an activating group) is 1. The van der Waals surface area contributed by atoms with E-state index in [4.69, 9.17) is 14.7 Å². The molecular weight excluding hydrogens is 538 g/mol. The first-order chi connectivity index (χ1) is 20.6. The van der Waals surface area contributed by atoms with Gasteiger partial charge in [0.2, 0.25) is 5.91 Å². The molecule has 2 atom stereocenters. The number of rotatable bonds is 8. The lowest BCUT2D eigenvalue weighted by Crippen LogP contribution is -2.30. The standard InChI is InChI=1S/C35H45N5O3/c1-9-24-20(3)30-17-33-26(18-41)22(5)29(38-33)16-31-21(4)25(10-11-34(42)40(7)12-13-43-8)35(39-31)23(6)28-14-19(2)27(36-28)15-32(24)37-30/h14-17,21,25,36,38,41H,9-13,18H2,1-8H3/t21-,25-/m0/s1. The lowest BCUT2D eigenvalue weighted by molar-refractivity contribution is -0.130. The average molecular weight is 584 g/mol. The zero-order valence-electron chi connectivity index (χ0n) is 26.8. The molecule has 8 bridgehead atoms. The number of carbonyl (C=O) groups excluding carboxylic acids is 1. The van der Waals surface area contributed by atoms with Crippen LogP contribution in [0.4, 0.5) is 0 Å². The smallest absolute Gasteiger partial charge is 0.222 e. The summed E-state index contributed by atoms with van der Waals surface area (Å²) in [6.07, 6.45) is 2.02. The van der Waals surface area contributed by atoms with Gasteiger partial charge in [-0.25, -0.2) is 4.98 Å². The molecule has 0 saturated carbocycles. The molecule has 5 rings (SSSR count). The van der Waals surface area contributed by atoms with Crippen molar-refractivity contribution in [2.45, 2.75) is 79.2 Å². The third kappa shape index (κ3) is 5.78. The third-order valence-electron chi connectivity index (χ3n) is 9.44. The van der Waals surface area contributed by atoms with E-state index in [0.717, 1.165) is 79.1 Å². The fraction of sp³-hybridized carbons (Fsp3) is 0.457. The molecule has 228 valence electrons. The minimum absolute atomic E-state index is 0.0703. The molecule has 3 aromatic heterocycles. The summed E-state index contributed by atoms with van der Waals surface area (Å²) in [5.74, 6) is 0.311. The van der Waals surface area contributed by atoms with Gasteiger partial charge in [0, 0.05) is 78.0 Å². The lowest BCUT2D eigenvalue weighted by Gasteiger charge is -2.20. The molecule has 1 amide bonds. The van der Waals surface area contributed by atoms with Crippen molar-refractivity contribution < 1.29 is 14.6 Å². The van der Waals surface area contributed by atoms with E-state index in [0.29, 0.717) is 26.0 Å². The van der Waals surface area contributed by atoms with E-state index in [9.17, 15) is 9.90 Å². The van der Waals surface area contributed by atoms with Crippen molar-refractivity contribution in [3.63, 3.8) is 0 Å². The molecule has 2 aliphatic rings. The topological polar surface area (TPSA) is 107 Å². The fourth-order valence-electron chi connectivity index (χ4n) is 6.47. The van der Waals surface area contributed by atoms with Gasteiger partial charge in [0.05, 0.1) is 24.6 Å². The molecule has 0 fully saturated rings. The van der Waals surface area contributed by atoms with Gasteiger partial charge in [0.1, 0.15) is 0 Å². The molecule has 8 heteroatoms. The monoisotopic (exact) mass is 583 g/mol. The van der Waals surface area contributed by atoms with Crippen molar-refractivity contribution in [1.82, 2.24) is 24.8 Å². The first-order valence-electron chi connectivity index (χ1n) is 15.3. The maximum Gasteiger partial charge on any atom is 0.222 e. The fourth-order valence-corrected chi connectivity index (χ4v) is 6.47. The number of ether oxygens (including phenoxy) is 1. The van der Waals surface area contributed by atoms with Crippen LogP contribution in [-0.2, 0) is 16.1 Å². The highest BCUT2D eigenvalue weighted by molar-refractivity contribution is 5.92. The Hall–Kier alpha value is -3.75. The number of aromatic nitrogens is 4. The molecule has 0 unspecified atom stereocenters. The van der Waals surface area contributed by atoms with Crippen molar-refractivity contribution in [3.8, 4) is 0 Å². The molecule has 0 spiro atoms. The second-order valence-electron chi connectivity index (χ2n) is 12.1. The quantitative estimate of drug-likeness (QED) is 0.269. The van der Waals surface area contributed by atoms with Gasteiger partial charge in [-0.3, -0.25) is 9.78 Å². The number of aliphatic hydroxyl groups is 1. The molecule has 0 aromatic carbocycles. The van der Waals surface area contributed by atoms with E-state index in [-0.39, 0.29) is 24.3 Å². The van der Waals surface area contributed by atoms with Crippen molar-refractivity contribution >= 4 is 39.1 Å². The van der Waals surface area contributed by atoms with Gasteiger partial charge < -0.3 is 24.7 Å². The van der Waals surface area contributed by atoms with E-state index in [1.165, 1.54) is 5.57 Å². The predicted molar refractivity (Wildman–Crippen MR) is 174 cm³/mol. The Balaban J connectivity index is 1.75. The second-order valence-corrected chi connectivity index (χ2v) is 12.1. The van der Waals surface area contributed by atoms with Crippen LogP contribution in [-0.4, -0.2) is 63.2 Å². The van der Waals surface area contributed by atoms with Crippen LogP contribution in [0.3, 0.4) is 0 Å². The van der Waals surface area contributed by atoms with Gasteiger partial charge in [-0.05, 0) is 92.6 Å². The Morgan fingerprint density at radius 3 is 2.37 bits per heavy atom. The molecule has 3 N–H and O–H groups in total. The van der Waals surface area contributed by atoms with E-state index in [1.54, 1.807) is 12.0 Å². The van der Waals surface area contributed by atoms with Crippen LogP contribution in [0.15, 0.2) is 24.3 Å². The van der Waals surface area contributed by atoms with E-state index >= 15 is 0 Å². The number of carbonyl (C=O) groups is 1. The zero-order chi connectivity index (χ0) is 31.0. The molecule has 0 radical (unpaired) electrons. The summed E-state index contributed by atoms with van der Waals surface area (Å²) >= 11 is 0. The van der Waals surface area contributed by atoms with Gasteiger partial charge in [-0.2, -0.15) is 0 Å². The number of nitrogens with one attached hydrogen (secondary N) is 2. The largest absolute Gasteiger partial charge is 0.392 e. The lowest BCUT2D eigenvalue weighted by atomic mass is 9.86. The number of methoxy groups -OCH3 is 1. The van der Waals surface area contributed by atoms with Gasteiger partial charge in [-0.1, -0.05) is 13.8 Å². The summed E-state index contributed by atoms with van der Waals surface area (Å²) < 4.78 is 5.17. The van der Waals surface area contributed by atoms with Crippen LogP contribution in [0.25, 0.3) is 33.2 Å². The van der Waals surface area contributed by atoms with Crippen molar-refractivity contribution in [1.29, 1.82) is 0 Å². The number of hydrogen-bond donors (Lipinski definition) is 3. The summed E-state index contributed by atoms with van der Waals surface area (Å²) in [6.45, 7) is 13.8. The number of amides is 1. The number of nitrogens with zero attached hydrogens (tertiary/aromatic N) is 3. The third-order valence-corrected chi connectivity index (χ3v) is 9.44. The van der Waals surface area contributed by atoms with Crippen molar-refractivity contribution in [3.05, 3.63) is 69.3 Å². The average Bonchev–Trinajstić information content (AvgIpc) is 3.68. The van der Waals surface area contributed by atoms with Crippen molar-refractivity contribution in [2.75, 3.05) is 27.3 Å². The van der Waals surface area contributed by atoms with E-state index < -0.39 is 0 Å². The minimum Gasteiger partial charge on any atom is -0.392 e. The molecule has 2 aliphatic heterocycles. The molecule has 0 saturated heterocycles. The maximum absolute atomic E-state index is 13.0. The first-order valence-corrected chi connectivity index (χ1v) is 15.3. The highest BCUT2D eigenvalue weighted by Gasteiger charge is 2.31. The number of aromatic amines is 2. The molecule has 0 aliphatic carbocycles. The summed E-state index contributed by atoms with van der Waals surface area (Å²) in [5, 5.41) is 10.4. The Kier molecular flexibility index (Phi) is 8.90. The van der Waals surface area contributed by atoms with Crippen LogP contribution in [0, 0.1) is 20.8 Å². The number of aliphatic hydroxyl groups excluding tert-OH is 1. The summed E-state index contributed by atoms with van der Waals surface area (Å²) in [4.78, 5) is 32.3. The van der Waals surface area contributed by atoms with Crippen LogP contribution in [0.5, 0.6) is 0 Å². The van der Waals surface area contributed by atoms with Gasteiger partial charge in [0.25, 0.3) is 0 Å². The van der Waals surface area contributed by atoms with Crippen LogP contribution >= 0.6 is 0 Å². The van der Waals surface area contributed by atoms with Crippen LogP contribution in [0.1, 0.15) is 96.9 Å². The highest BCUT2D eigenvalue weighted by Crippen LogP contribution is 2.42. The predicted octanol–water partition coefficient (Wildman–Crippen LogP) is 6.85. The number of H-pyrrole nitrogens is 2. The Morgan fingerprint density at radius 1 is 0.977 bits per heavy atom. The summed E-state index contributed by atoms with van der Waals surface area (Å²) in [5.41, 5.74) is 14.2. The van der Waals surface area contributed by atoms with Crippen molar-refractivity contribution in [2.24, 2.45) is 0 Å². The normalized spacial score (nSPS) is 16.7. The molecule has 43 heavy (non-hydrogen) atoms. The number of aryl methyl sites for hydroxylation is 3. The maximum atomic E-state index is 13.0. The Morgan fingerprint density at radius 2 is 1.67 bits per heavy atom. The zero-order valence-corrected chi connectivity index (χ0v) is 26.8. The molecule has 8 nitrogen and oxygen atoms in total. The molecular formula is C35H45N5O3. The second kappa shape index (κ2) is 12.5. The Labute approximate surface area is 254 Å². The summed E-state index contributed by atoms with van der Waals surface area (Å²) in [6, 6.07) is 8.52. The van der Waals surface area contributed by atoms with E-state index in [1.807, 2.05) is 14.0 Å². The van der Waals surface area contributed by atoms with E-state index in [2.05, 4.69) is 68.9 Å². The summed E-state index contributed by atoms with van der Waals surface area (Å²) in [7, 11) is 3.48. The van der Waals surface area contributed by atoms with Crippen LogP contribution in [0.2, 0.25) is 0 Å². The molecule has 3 aromatic rings. The number of allylic oxidation sites excluding steroid dienone is 2. The first kappa shape index (κ1) is 30.7. The SMILES string of the molecule is CCC1=C(C)c2cc3[nH]c(cc4nc(c(C)c5cc(C)c(cc1n2)[nH]5)[C@@H](CCC(=O)N(C)CCOC)[C@@H]4C)c(C)c3CO. The molecule has 5 heterocycles. The van der Waals surface area contributed by atoms with Crippen LogP contribution < -0.4 is 0 Å². The van der Waals surface area contributed by atoms with Gasteiger partial charge in [-0.15, -0.1) is 0 Å². The highest BCUT2D eigenvalue weighted by atomic mass is 16.5. The van der Waals surface area contributed by atoms with Gasteiger partial charge >= 0.3 is 0 Å². The Bertz CT molecular complexity index is 1750.